The van der Waals surface area contributed by atoms with Gasteiger partial charge in [0.15, 0.2) is 6.10 Å². The SMILES string of the molecule is CC/C=C/C=C/C=C/CCCCCCCC(=O)OC(COC(=O)CCCCCCC/C=C/C/C=C/CC)COP(=O)(O)OC[C@@H](O)CO. The van der Waals surface area contributed by atoms with Gasteiger partial charge in [-0.15, -0.1) is 0 Å². The molecule has 3 N–H and O–H groups in total. The molecule has 0 fully saturated rings. The minimum absolute atomic E-state index is 0.155. The summed E-state index contributed by atoms with van der Waals surface area (Å²) in [7, 11) is -4.62. The molecule has 0 aromatic carbocycles. The van der Waals surface area contributed by atoms with Gasteiger partial charge < -0.3 is 24.6 Å². The van der Waals surface area contributed by atoms with Crippen LogP contribution in [0.15, 0.2) is 60.8 Å². The van der Waals surface area contributed by atoms with Crippen molar-refractivity contribution in [2.24, 2.45) is 0 Å². The number of aliphatic hydroxyl groups excluding tert-OH is 2. The van der Waals surface area contributed by atoms with Crippen LogP contribution in [0.5, 0.6) is 0 Å². The largest absolute Gasteiger partial charge is 0.472 e. The summed E-state index contributed by atoms with van der Waals surface area (Å²) >= 11 is 0. The predicted molar refractivity (Wildman–Crippen MR) is 191 cm³/mol. The third-order valence-electron chi connectivity index (χ3n) is 6.98. The summed E-state index contributed by atoms with van der Waals surface area (Å²) in [5, 5.41) is 18.2. The summed E-state index contributed by atoms with van der Waals surface area (Å²) in [6.45, 7) is 2.05. The Morgan fingerprint density at radius 1 is 0.646 bits per heavy atom. The molecule has 0 spiro atoms. The molecule has 0 saturated heterocycles. The van der Waals surface area contributed by atoms with E-state index in [9.17, 15) is 24.2 Å². The Bertz CT molecular complexity index is 989. The van der Waals surface area contributed by atoms with Gasteiger partial charge in [0.25, 0.3) is 0 Å². The minimum Gasteiger partial charge on any atom is -0.462 e. The van der Waals surface area contributed by atoms with Gasteiger partial charge in [-0.2, -0.15) is 0 Å². The maximum atomic E-state index is 12.5. The van der Waals surface area contributed by atoms with Crippen molar-refractivity contribution in [3.63, 3.8) is 0 Å². The molecule has 0 radical (unpaired) electrons. The molecular weight excluding hydrogens is 635 g/mol. The third-order valence-corrected chi connectivity index (χ3v) is 7.93. The van der Waals surface area contributed by atoms with E-state index in [-0.39, 0.29) is 19.4 Å². The lowest BCUT2D eigenvalue weighted by Crippen LogP contribution is -2.29. The van der Waals surface area contributed by atoms with Crippen molar-refractivity contribution in [1.82, 2.24) is 0 Å². The van der Waals surface area contributed by atoms with E-state index in [0.717, 1.165) is 83.5 Å². The van der Waals surface area contributed by atoms with Gasteiger partial charge in [0.05, 0.1) is 19.8 Å². The van der Waals surface area contributed by atoms with Crippen molar-refractivity contribution < 1.29 is 47.8 Å². The normalized spacial score (nSPS) is 14.9. The smallest absolute Gasteiger partial charge is 0.462 e. The minimum atomic E-state index is -4.62. The number of carbonyl (C=O) groups excluding carboxylic acids is 2. The van der Waals surface area contributed by atoms with Crippen LogP contribution in [0.4, 0.5) is 0 Å². The highest BCUT2D eigenvalue weighted by Crippen LogP contribution is 2.43. The van der Waals surface area contributed by atoms with Crippen LogP contribution in [-0.4, -0.2) is 65.7 Å². The number of allylic oxidation sites excluding steroid dienone is 10. The second-order valence-electron chi connectivity index (χ2n) is 11.5. The fourth-order valence-corrected chi connectivity index (χ4v) is 5.05. The van der Waals surface area contributed by atoms with Gasteiger partial charge in [-0.25, -0.2) is 4.57 Å². The number of hydrogen-bond donors (Lipinski definition) is 3. The standard InChI is InChI=1S/C37H63O10P/c1-3-5-7-9-11-13-15-17-19-21-23-25-27-29-37(41)47-35(33-46-48(42,43)45-31-34(39)30-38)32-44-36(40)28-26-24-22-20-18-16-14-12-10-8-6-4-2/h5-9,11-15,34-35,38-39H,3-4,10,16-33H2,1-2H3,(H,42,43)/b7-5+,8-6+,11-9+,14-12+,15-13+/t34-,35?/m0/s1. The Kier molecular flexibility index (Phi) is 31.6. The first-order valence-electron chi connectivity index (χ1n) is 17.8. The molecule has 0 aromatic rings. The van der Waals surface area contributed by atoms with Crippen LogP contribution in [-0.2, 0) is 32.7 Å². The average Bonchev–Trinajstić information content (AvgIpc) is 3.07. The second kappa shape index (κ2) is 33.2. The molecule has 0 aromatic heterocycles. The van der Waals surface area contributed by atoms with Gasteiger partial charge >= 0.3 is 19.8 Å². The molecular formula is C37H63O10P. The number of rotatable bonds is 32. The van der Waals surface area contributed by atoms with Gasteiger partial charge in [-0.3, -0.25) is 18.6 Å². The van der Waals surface area contributed by atoms with Crippen LogP contribution >= 0.6 is 7.82 Å². The molecule has 0 saturated carbocycles. The van der Waals surface area contributed by atoms with E-state index in [0.29, 0.717) is 12.8 Å². The highest BCUT2D eigenvalue weighted by molar-refractivity contribution is 7.47. The highest BCUT2D eigenvalue weighted by Gasteiger charge is 2.27. The molecule has 0 aliphatic heterocycles. The zero-order chi connectivity index (χ0) is 35.6. The zero-order valence-electron chi connectivity index (χ0n) is 29.4. The fourth-order valence-electron chi connectivity index (χ4n) is 4.26. The van der Waals surface area contributed by atoms with E-state index in [1.54, 1.807) is 0 Å². The monoisotopic (exact) mass is 698 g/mol. The number of carbonyl (C=O) groups is 2. The number of phosphoric acid groups is 1. The first kappa shape index (κ1) is 45.7. The van der Waals surface area contributed by atoms with Crippen LogP contribution in [0.25, 0.3) is 0 Å². The molecule has 2 unspecified atom stereocenters. The molecule has 11 heteroatoms. The van der Waals surface area contributed by atoms with Crippen molar-refractivity contribution in [2.45, 2.75) is 135 Å². The molecule has 0 amide bonds. The maximum absolute atomic E-state index is 12.5. The van der Waals surface area contributed by atoms with Gasteiger partial charge in [0, 0.05) is 12.8 Å². The van der Waals surface area contributed by atoms with Crippen LogP contribution < -0.4 is 0 Å². The number of ether oxygens (including phenoxy) is 2. The molecule has 0 heterocycles. The summed E-state index contributed by atoms with van der Waals surface area (Å²) < 4.78 is 32.5. The van der Waals surface area contributed by atoms with Gasteiger partial charge in [0.2, 0.25) is 0 Å². The summed E-state index contributed by atoms with van der Waals surface area (Å²) in [6, 6.07) is 0. The van der Waals surface area contributed by atoms with E-state index in [1.807, 2.05) is 24.3 Å². The molecule has 0 bridgehead atoms. The van der Waals surface area contributed by atoms with E-state index < -0.39 is 51.8 Å². The number of esters is 2. The summed E-state index contributed by atoms with van der Waals surface area (Å²) in [6.07, 6.45) is 33.4. The number of unbranched alkanes of at least 4 members (excludes halogenated alkanes) is 10. The van der Waals surface area contributed by atoms with Gasteiger partial charge in [-0.1, -0.05) is 113 Å². The quantitative estimate of drug-likeness (QED) is 0.0206. The summed E-state index contributed by atoms with van der Waals surface area (Å²) in [4.78, 5) is 34.7. The van der Waals surface area contributed by atoms with Crippen LogP contribution in [0.3, 0.4) is 0 Å². The van der Waals surface area contributed by atoms with Crippen molar-refractivity contribution >= 4 is 19.8 Å². The Morgan fingerprint density at radius 2 is 1.19 bits per heavy atom. The van der Waals surface area contributed by atoms with E-state index in [1.165, 1.54) is 0 Å². The van der Waals surface area contributed by atoms with Gasteiger partial charge in [-0.05, 0) is 57.8 Å². The fraction of sp³-hybridized carbons (Fsp3) is 0.676. The third kappa shape index (κ3) is 32.2. The molecule has 10 nitrogen and oxygen atoms in total. The van der Waals surface area contributed by atoms with Crippen molar-refractivity contribution in [1.29, 1.82) is 0 Å². The zero-order valence-corrected chi connectivity index (χ0v) is 30.3. The topological polar surface area (TPSA) is 149 Å². The van der Waals surface area contributed by atoms with Crippen LogP contribution in [0, 0.1) is 0 Å². The predicted octanol–water partition coefficient (Wildman–Crippen LogP) is 8.38. The molecule has 276 valence electrons. The van der Waals surface area contributed by atoms with E-state index in [2.05, 4.69) is 54.8 Å². The van der Waals surface area contributed by atoms with E-state index in [4.69, 9.17) is 19.1 Å². The lowest BCUT2D eigenvalue weighted by atomic mass is 10.1. The summed E-state index contributed by atoms with van der Waals surface area (Å²) in [5.41, 5.74) is 0. The van der Waals surface area contributed by atoms with E-state index >= 15 is 0 Å². The highest BCUT2D eigenvalue weighted by atomic mass is 31.2. The molecule has 0 rings (SSSR count). The summed E-state index contributed by atoms with van der Waals surface area (Å²) in [5.74, 6) is -0.976. The van der Waals surface area contributed by atoms with Crippen LogP contribution in [0.1, 0.15) is 123 Å². The second-order valence-corrected chi connectivity index (χ2v) is 13.0. The maximum Gasteiger partial charge on any atom is 0.472 e. The number of phosphoric ester groups is 1. The first-order chi connectivity index (χ1) is 23.2. The van der Waals surface area contributed by atoms with Gasteiger partial charge in [0.1, 0.15) is 12.7 Å². The van der Waals surface area contributed by atoms with Crippen LogP contribution in [0.2, 0.25) is 0 Å². The molecule has 0 aliphatic rings. The van der Waals surface area contributed by atoms with Crippen molar-refractivity contribution in [3.05, 3.63) is 60.8 Å². The average molecular weight is 699 g/mol. The number of hydrogen-bond acceptors (Lipinski definition) is 9. The Labute approximate surface area is 289 Å². The Balaban J connectivity index is 4.48. The van der Waals surface area contributed by atoms with Crippen molar-refractivity contribution in [3.8, 4) is 0 Å². The Hall–Kier alpha value is -2.33. The number of aliphatic hydroxyl groups is 2. The lowest BCUT2D eigenvalue weighted by molar-refractivity contribution is -0.161. The molecule has 0 aliphatic carbocycles. The lowest BCUT2D eigenvalue weighted by Gasteiger charge is -2.20. The molecule has 3 atom stereocenters. The van der Waals surface area contributed by atoms with Crippen molar-refractivity contribution in [2.75, 3.05) is 26.4 Å². The first-order valence-corrected chi connectivity index (χ1v) is 19.3. The Morgan fingerprint density at radius 3 is 1.83 bits per heavy atom. The molecule has 48 heavy (non-hydrogen) atoms.